The predicted octanol–water partition coefficient (Wildman–Crippen LogP) is 2.74. The van der Waals surface area contributed by atoms with Gasteiger partial charge in [0.25, 0.3) is 5.91 Å². The van der Waals surface area contributed by atoms with Gasteiger partial charge in [0.05, 0.1) is 0 Å². The van der Waals surface area contributed by atoms with E-state index in [1.54, 1.807) is 0 Å². The average molecular weight is 322 g/mol. The fraction of sp³-hybridized carbons (Fsp3) is 0.706. The van der Waals surface area contributed by atoms with Crippen LogP contribution in [-0.2, 0) is 16.1 Å². The molecule has 0 bridgehead atoms. The van der Waals surface area contributed by atoms with Crippen LogP contribution in [0.15, 0.2) is 17.5 Å². The predicted molar refractivity (Wildman–Crippen MR) is 89.0 cm³/mol. The largest absolute Gasteiger partial charge is 0.365 e. The fourth-order valence-corrected chi connectivity index (χ4v) is 4.14. The van der Waals surface area contributed by atoms with E-state index in [2.05, 4.69) is 22.4 Å². The first-order valence-corrected chi connectivity index (χ1v) is 9.23. The standard InChI is InChI=1S/C17H26N2O2S/c1-17(7-2-3-12-21-17)16(20)19-9-5-8-18(10-11-19)14-15-6-4-13-22-15/h4,6,13H,2-3,5,7-12,14H2,1H3/t17-/m0/s1. The van der Waals surface area contributed by atoms with Gasteiger partial charge >= 0.3 is 0 Å². The molecule has 0 saturated carbocycles. The molecule has 22 heavy (non-hydrogen) atoms. The first kappa shape index (κ1) is 16.0. The van der Waals surface area contributed by atoms with Gasteiger partial charge in [-0.1, -0.05) is 6.07 Å². The quantitative estimate of drug-likeness (QED) is 0.858. The molecule has 4 nitrogen and oxygen atoms in total. The molecule has 2 saturated heterocycles. The van der Waals surface area contributed by atoms with Crippen LogP contribution in [0.2, 0.25) is 0 Å². The van der Waals surface area contributed by atoms with Gasteiger partial charge in [-0.3, -0.25) is 9.69 Å². The minimum absolute atomic E-state index is 0.199. The molecule has 3 heterocycles. The molecule has 5 heteroatoms. The summed E-state index contributed by atoms with van der Waals surface area (Å²) in [6, 6.07) is 4.30. The fourth-order valence-electron chi connectivity index (χ4n) is 3.39. The van der Waals surface area contributed by atoms with Gasteiger partial charge in [0, 0.05) is 44.2 Å². The Morgan fingerprint density at radius 1 is 1.27 bits per heavy atom. The summed E-state index contributed by atoms with van der Waals surface area (Å²) in [6.07, 6.45) is 4.09. The lowest BCUT2D eigenvalue weighted by molar-refractivity contribution is -0.161. The Balaban J connectivity index is 1.56. The van der Waals surface area contributed by atoms with E-state index < -0.39 is 5.60 Å². The second-order valence-corrected chi connectivity index (χ2v) is 7.57. The van der Waals surface area contributed by atoms with Crippen molar-refractivity contribution < 1.29 is 9.53 Å². The summed E-state index contributed by atoms with van der Waals surface area (Å²) < 4.78 is 5.83. The zero-order chi connectivity index (χ0) is 15.4. The second-order valence-electron chi connectivity index (χ2n) is 6.54. The van der Waals surface area contributed by atoms with E-state index in [-0.39, 0.29) is 5.91 Å². The molecule has 1 amide bonds. The van der Waals surface area contributed by atoms with Crippen molar-refractivity contribution in [1.82, 2.24) is 9.80 Å². The van der Waals surface area contributed by atoms with Gasteiger partial charge in [0.15, 0.2) is 0 Å². The van der Waals surface area contributed by atoms with Gasteiger partial charge < -0.3 is 9.64 Å². The Hall–Kier alpha value is -0.910. The van der Waals surface area contributed by atoms with Crippen LogP contribution < -0.4 is 0 Å². The number of carbonyl (C=O) groups excluding carboxylic acids is 1. The molecule has 2 aliphatic heterocycles. The van der Waals surface area contributed by atoms with E-state index in [4.69, 9.17) is 4.74 Å². The van der Waals surface area contributed by atoms with E-state index in [1.165, 1.54) is 4.88 Å². The molecule has 0 N–H and O–H groups in total. The maximum atomic E-state index is 12.8. The summed E-state index contributed by atoms with van der Waals surface area (Å²) in [4.78, 5) is 18.7. The van der Waals surface area contributed by atoms with Crippen molar-refractivity contribution in [2.45, 2.75) is 44.8 Å². The van der Waals surface area contributed by atoms with E-state index in [0.717, 1.165) is 65.0 Å². The van der Waals surface area contributed by atoms with Crippen LogP contribution in [-0.4, -0.2) is 54.1 Å². The molecule has 1 aromatic heterocycles. The number of thiophene rings is 1. The van der Waals surface area contributed by atoms with Crippen LogP contribution in [0.25, 0.3) is 0 Å². The Morgan fingerprint density at radius 3 is 2.91 bits per heavy atom. The minimum Gasteiger partial charge on any atom is -0.365 e. The molecule has 0 aromatic carbocycles. The topological polar surface area (TPSA) is 32.8 Å². The van der Waals surface area contributed by atoms with Crippen LogP contribution in [0.4, 0.5) is 0 Å². The van der Waals surface area contributed by atoms with Crippen molar-refractivity contribution in [3.8, 4) is 0 Å². The summed E-state index contributed by atoms with van der Waals surface area (Å²) in [5, 5.41) is 2.13. The number of hydrogen-bond donors (Lipinski definition) is 0. The Labute approximate surface area is 137 Å². The number of rotatable bonds is 3. The molecule has 1 atom stereocenters. The molecule has 2 aliphatic rings. The summed E-state index contributed by atoms with van der Waals surface area (Å²) in [5.74, 6) is 0.199. The highest BCUT2D eigenvalue weighted by Gasteiger charge is 2.39. The SMILES string of the molecule is C[C@@]1(C(=O)N2CCCN(Cc3cccs3)CC2)CCCCO1. The highest BCUT2D eigenvalue weighted by molar-refractivity contribution is 7.09. The van der Waals surface area contributed by atoms with Gasteiger partial charge in [0.1, 0.15) is 5.60 Å². The number of nitrogens with zero attached hydrogens (tertiary/aromatic N) is 2. The second kappa shape index (κ2) is 7.11. The van der Waals surface area contributed by atoms with Crippen LogP contribution >= 0.6 is 11.3 Å². The lowest BCUT2D eigenvalue weighted by atomic mass is 9.94. The molecule has 1 aromatic rings. The third-order valence-electron chi connectivity index (χ3n) is 4.76. The number of hydrogen-bond acceptors (Lipinski definition) is 4. The zero-order valence-electron chi connectivity index (χ0n) is 13.4. The van der Waals surface area contributed by atoms with Crippen molar-refractivity contribution >= 4 is 17.2 Å². The molecule has 0 aliphatic carbocycles. The highest BCUT2D eigenvalue weighted by atomic mass is 32.1. The Kier molecular flexibility index (Phi) is 5.16. The molecular weight excluding hydrogens is 296 g/mol. The third-order valence-corrected chi connectivity index (χ3v) is 5.62. The van der Waals surface area contributed by atoms with Crippen molar-refractivity contribution in [2.24, 2.45) is 0 Å². The van der Waals surface area contributed by atoms with Crippen LogP contribution in [0.5, 0.6) is 0 Å². The lowest BCUT2D eigenvalue weighted by Crippen LogP contribution is -2.51. The average Bonchev–Trinajstić information content (AvgIpc) is 2.92. The third kappa shape index (κ3) is 3.70. The Morgan fingerprint density at radius 2 is 2.18 bits per heavy atom. The van der Waals surface area contributed by atoms with Gasteiger partial charge in [-0.05, 0) is 44.1 Å². The molecule has 0 spiro atoms. The normalized spacial score (nSPS) is 27.6. The zero-order valence-corrected chi connectivity index (χ0v) is 14.2. The molecular formula is C17H26N2O2S. The number of ether oxygens (including phenoxy) is 1. The number of carbonyl (C=O) groups is 1. The highest BCUT2D eigenvalue weighted by Crippen LogP contribution is 2.27. The minimum atomic E-state index is -0.582. The van der Waals surface area contributed by atoms with E-state index in [1.807, 2.05) is 23.2 Å². The summed E-state index contributed by atoms with van der Waals surface area (Å²) in [7, 11) is 0. The van der Waals surface area contributed by atoms with Crippen LogP contribution in [0.1, 0.15) is 37.5 Å². The summed E-state index contributed by atoms with van der Waals surface area (Å²) >= 11 is 1.81. The maximum absolute atomic E-state index is 12.8. The van der Waals surface area contributed by atoms with E-state index >= 15 is 0 Å². The van der Waals surface area contributed by atoms with Gasteiger partial charge in [-0.2, -0.15) is 0 Å². The summed E-state index contributed by atoms with van der Waals surface area (Å²) in [5.41, 5.74) is -0.582. The first-order valence-electron chi connectivity index (χ1n) is 8.35. The first-order chi connectivity index (χ1) is 10.7. The summed E-state index contributed by atoms with van der Waals surface area (Å²) in [6.45, 7) is 7.41. The van der Waals surface area contributed by atoms with Crippen molar-refractivity contribution in [3.05, 3.63) is 22.4 Å². The van der Waals surface area contributed by atoms with Crippen LogP contribution in [0, 0.1) is 0 Å². The molecule has 2 fully saturated rings. The van der Waals surface area contributed by atoms with E-state index in [9.17, 15) is 4.79 Å². The lowest BCUT2D eigenvalue weighted by Gasteiger charge is -2.36. The van der Waals surface area contributed by atoms with Gasteiger partial charge in [0.2, 0.25) is 0 Å². The smallest absolute Gasteiger partial charge is 0.254 e. The molecule has 0 radical (unpaired) electrons. The number of amides is 1. The monoisotopic (exact) mass is 322 g/mol. The van der Waals surface area contributed by atoms with Crippen LogP contribution in [0.3, 0.4) is 0 Å². The molecule has 0 unspecified atom stereocenters. The molecule has 3 rings (SSSR count). The molecule has 122 valence electrons. The van der Waals surface area contributed by atoms with Crippen molar-refractivity contribution in [3.63, 3.8) is 0 Å². The maximum Gasteiger partial charge on any atom is 0.254 e. The van der Waals surface area contributed by atoms with Gasteiger partial charge in [-0.15, -0.1) is 11.3 Å². The van der Waals surface area contributed by atoms with E-state index in [0.29, 0.717) is 0 Å². The van der Waals surface area contributed by atoms with Gasteiger partial charge in [-0.25, -0.2) is 0 Å². The van der Waals surface area contributed by atoms with Crippen molar-refractivity contribution in [2.75, 3.05) is 32.8 Å². The van der Waals surface area contributed by atoms with Crippen molar-refractivity contribution in [1.29, 1.82) is 0 Å². The Bertz CT molecular complexity index is 483.